The number of hydrogen-bond donors (Lipinski definition) is 2. The summed E-state index contributed by atoms with van der Waals surface area (Å²) in [5, 5.41) is 9.84. The largest absolute Gasteiger partial charge is 0.497 e. The predicted molar refractivity (Wildman–Crippen MR) is 101 cm³/mol. The zero-order valence-electron chi connectivity index (χ0n) is 15.4. The van der Waals surface area contributed by atoms with Crippen LogP contribution in [-0.4, -0.2) is 37.4 Å². The Bertz CT molecular complexity index is 936. The third-order valence-corrected chi connectivity index (χ3v) is 4.12. The van der Waals surface area contributed by atoms with Gasteiger partial charge in [-0.3, -0.25) is 9.89 Å². The van der Waals surface area contributed by atoms with E-state index < -0.39 is 0 Å². The molecule has 7 nitrogen and oxygen atoms in total. The van der Waals surface area contributed by atoms with Gasteiger partial charge in [-0.1, -0.05) is 12.1 Å². The summed E-state index contributed by atoms with van der Waals surface area (Å²) >= 11 is 0. The number of aromatic nitrogens is 2. The number of nitrogens with one attached hydrogen (secondary N) is 2. The van der Waals surface area contributed by atoms with E-state index in [1.807, 2.05) is 36.4 Å². The van der Waals surface area contributed by atoms with Crippen LogP contribution in [-0.2, 0) is 6.54 Å². The van der Waals surface area contributed by atoms with E-state index in [-0.39, 0.29) is 5.91 Å². The van der Waals surface area contributed by atoms with Crippen molar-refractivity contribution < 1.29 is 19.0 Å². The Morgan fingerprint density at radius 3 is 2.52 bits per heavy atom. The fraction of sp³-hybridized carbons (Fsp3) is 0.200. The van der Waals surface area contributed by atoms with E-state index in [9.17, 15) is 4.79 Å². The Kier molecular flexibility index (Phi) is 5.61. The van der Waals surface area contributed by atoms with Gasteiger partial charge in [0.05, 0.1) is 27.0 Å². The summed E-state index contributed by atoms with van der Waals surface area (Å²) in [6.45, 7) is 0.319. The average molecular weight is 367 g/mol. The van der Waals surface area contributed by atoms with E-state index >= 15 is 0 Å². The Morgan fingerprint density at radius 1 is 1.00 bits per heavy atom. The molecule has 3 aromatic rings. The van der Waals surface area contributed by atoms with Crippen LogP contribution in [0.15, 0.2) is 48.5 Å². The molecule has 1 aromatic heterocycles. The molecule has 0 saturated carbocycles. The summed E-state index contributed by atoms with van der Waals surface area (Å²) < 4.78 is 15.7. The van der Waals surface area contributed by atoms with Gasteiger partial charge in [0.25, 0.3) is 5.91 Å². The molecule has 0 unspecified atom stereocenters. The molecule has 1 amide bonds. The molecule has 0 radical (unpaired) electrons. The molecule has 140 valence electrons. The van der Waals surface area contributed by atoms with Gasteiger partial charge in [-0.2, -0.15) is 5.10 Å². The van der Waals surface area contributed by atoms with Crippen molar-refractivity contribution in [2.24, 2.45) is 0 Å². The zero-order chi connectivity index (χ0) is 19.2. The molecule has 0 spiro atoms. The highest BCUT2D eigenvalue weighted by molar-refractivity contribution is 5.93. The van der Waals surface area contributed by atoms with Crippen molar-refractivity contribution in [3.05, 3.63) is 59.8 Å². The maximum Gasteiger partial charge on any atom is 0.269 e. The van der Waals surface area contributed by atoms with Crippen molar-refractivity contribution in [2.75, 3.05) is 21.3 Å². The van der Waals surface area contributed by atoms with Crippen molar-refractivity contribution in [1.29, 1.82) is 0 Å². The second kappa shape index (κ2) is 8.27. The second-order valence-electron chi connectivity index (χ2n) is 5.76. The van der Waals surface area contributed by atoms with Crippen LogP contribution in [0.3, 0.4) is 0 Å². The summed E-state index contributed by atoms with van der Waals surface area (Å²) in [5.41, 5.74) is 2.75. The number of amides is 1. The lowest BCUT2D eigenvalue weighted by atomic mass is 10.1. The number of carbonyl (C=O) groups is 1. The first-order valence-electron chi connectivity index (χ1n) is 8.33. The normalized spacial score (nSPS) is 10.3. The van der Waals surface area contributed by atoms with Crippen LogP contribution in [0.5, 0.6) is 17.2 Å². The highest BCUT2D eigenvalue weighted by atomic mass is 16.5. The van der Waals surface area contributed by atoms with Gasteiger partial charge in [0, 0.05) is 23.7 Å². The van der Waals surface area contributed by atoms with E-state index in [0.29, 0.717) is 29.4 Å². The lowest BCUT2D eigenvalue weighted by molar-refractivity contribution is 0.0945. The highest BCUT2D eigenvalue weighted by Gasteiger charge is 2.13. The Morgan fingerprint density at radius 2 is 1.78 bits per heavy atom. The van der Waals surface area contributed by atoms with Crippen LogP contribution >= 0.6 is 0 Å². The SMILES string of the molecule is COc1cccc(-c2cc(C(=O)NCc3ccc(OC)cc3OC)[nH]n2)c1. The number of H-pyrrole nitrogens is 1. The topological polar surface area (TPSA) is 85.5 Å². The van der Waals surface area contributed by atoms with Gasteiger partial charge in [-0.15, -0.1) is 0 Å². The Labute approximate surface area is 157 Å². The number of carbonyl (C=O) groups excluding carboxylic acids is 1. The molecule has 0 atom stereocenters. The molecular formula is C20H21N3O4. The predicted octanol–water partition coefficient (Wildman–Crippen LogP) is 3.03. The van der Waals surface area contributed by atoms with E-state index in [0.717, 1.165) is 16.9 Å². The second-order valence-corrected chi connectivity index (χ2v) is 5.76. The first-order chi connectivity index (χ1) is 13.1. The molecular weight excluding hydrogens is 346 g/mol. The van der Waals surface area contributed by atoms with Gasteiger partial charge in [-0.05, 0) is 30.3 Å². The number of ether oxygens (including phenoxy) is 3. The minimum absolute atomic E-state index is 0.255. The van der Waals surface area contributed by atoms with Crippen molar-refractivity contribution in [3.63, 3.8) is 0 Å². The molecule has 0 fully saturated rings. The maximum absolute atomic E-state index is 12.4. The van der Waals surface area contributed by atoms with Crippen LogP contribution in [0.4, 0.5) is 0 Å². The lowest BCUT2D eigenvalue weighted by Gasteiger charge is -2.10. The minimum atomic E-state index is -0.255. The first-order valence-corrected chi connectivity index (χ1v) is 8.33. The number of rotatable bonds is 7. The molecule has 1 heterocycles. The molecule has 0 saturated heterocycles. The standard InChI is InChI=1S/C20H21N3O4/c1-25-15-6-4-5-13(9-15)17-11-18(23-22-17)20(24)21-12-14-7-8-16(26-2)10-19(14)27-3/h4-11H,12H2,1-3H3,(H,21,24)(H,22,23). The van der Waals surface area contributed by atoms with Crippen molar-refractivity contribution in [2.45, 2.75) is 6.54 Å². The van der Waals surface area contributed by atoms with Gasteiger partial charge in [-0.25, -0.2) is 0 Å². The van der Waals surface area contributed by atoms with E-state index in [4.69, 9.17) is 14.2 Å². The molecule has 2 N–H and O–H groups in total. The third kappa shape index (κ3) is 4.20. The molecule has 27 heavy (non-hydrogen) atoms. The fourth-order valence-corrected chi connectivity index (χ4v) is 2.64. The van der Waals surface area contributed by atoms with Gasteiger partial charge >= 0.3 is 0 Å². The lowest BCUT2D eigenvalue weighted by Crippen LogP contribution is -2.23. The molecule has 3 rings (SSSR count). The van der Waals surface area contributed by atoms with Crippen LogP contribution in [0.1, 0.15) is 16.1 Å². The van der Waals surface area contributed by atoms with Crippen LogP contribution in [0, 0.1) is 0 Å². The molecule has 7 heteroatoms. The summed E-state index contributed by atoms with van der Waals surface area (Å²) in [4.78, 5) is 12.4. The quantitative estimate of drug-likeness (QED) is 0.670. The smallest absolute Gasteiger partial charge is 0.269 e. The molecule has 0 aliphatic heterocycles. The fourth-order valence-electron chi connectivity index (χ4n) is 2.64. The van der Waals surface area contributed by atoms with Gasteiger partial charge < -0.3 is 19.5 Å². The van der Waals surface area contributed by atoms with Crippen molar-refractivity contribution in [3.8, 4) is 28.5 Å². The average Bonchev–Trinajstić information content (AvgIpc) is 3.22. The summed E-state index contributed by atoms with van der Waals surface area (Å²) in [5.74, 6) is 1.82. The number of aromatic amines is 1. The van der Waals surface area contributed by atoms with Crippen LogP contribution in [0.25, 0.3) is 11.3 Å². The zero-order valence-corrected chi connectivity index (χ0v) is 15.4. The molecule has 2 aromatic carbocycles. The van der Waals surface area contributed by atoms with E-state index in [1.165, 1.54) is 0 Å². The molecule has 0 aliphatic rings. The van der Waals surface area contributed by atoms with Crippen LogP contribution in [0.2, 0.25) is 0 Å². The van der Waals surface area contributed by atoms with Gasteiger partial charge in [0.2, 0.25) is 0 Å². The molecule has 0 bridgehead atoms. The van der Waals surface area contributed by atoms with E-state index in [1.54, 1.807) is 33.5 Å². The number of nitrogens with zero attached hydrogens (tertiary/aromatic N) is 1. The highest BCUT2D eigenvalue weighted by Crippen LogP contribution is 2.25. The third-order valence-electron chi connectivity index (χ3n) is 4.12. The summed E-state index contributed by atoms with van der Waals surface area (Å²) in [7, 11) is 4.78. The number of benzene rings is 2. The Hall–Kier alpha value is -3.48. The first kappa shape index (κ1) is 18.3. The number of hydrogen-bond acceptors (Lipinski definition) is 5. The molecule has 0 aliphatic carbocycles. The minimum Gasteiger partial charge on any atom is -0.497 e. The monoisotopic (exact) mass is 367 g/mol. The number of methoxy groups -OCH3 is 3. The summed E-state index contributed by atoms with van der Waals surface area (Å²) in [6, 6.07) is 14.6. The maximum atomic E-state index is 12.4. The van der Waals surface area contributed by atoms with Gasteiger partial charge in [0.15, 0.2) is 0 Å². The van der Waals surface area contributed by atoms with Crippen molar-refractivity contribution >= 4 is 5.91 Å². The Balaban J connectivity index is 1.70. The van der Waals surface area contributed by atoms with Gasteiger partial charge in [0.1, 0.15) is 22.9 Å². The van der Waals surface area contributed by atoms with E-state index in [2.05, 4.69) is 15.5 Å². The van der Waals surface area contributed by atoms with Crippen LogP contribution < -0.4 is 19.5 Å². The van der Waals surface area contributed by atoms with Crippen molar-refractivity contribution in [1.82, 2.24) is 15.5 Å². The summed E-state index contributed by atoms with van der Waals surface area (Å²) in [6.07, 6.45) is 0.